The summed E-state index contributed by atoms with van der Waals surface area (Å²) < 4.78 is 0. The lowest BCUT2D eigenvalue weighted by Gasteiger charge is -2.34. The van der Waals surface area contributed by atoms with Crippen LogP contribution in [0.4, 0.5) is 0 Å². The molecular formula is C78H115N19O18S. The minimum atomic E-state index is -1.96. The number of amides is 17. The van der Waals surface area contributed by atoms with Crippen molar-refractivity contribution < 1.29 is 86.6 Å². The van der Waals surface area contributed by atoms with E-state index in [1.165, 1.54) is 13.8 Å². The maximum atomic E-state index is 15.5. The molecule has 1 fully saturated rings. The van der Waals surface area contributed by atoms with Crippen LogP contribution in [0.5, 0.6) is 0 Å². The lowest BCUT2D eigenvalue weighted by atomic mass is 9.91. The summed E-state index contributed by atoms with van der Waals surface area (Å²) in [5, 5.41) is 47.1. The van der Waals surface area contributed by atoms with E-state index in [0.717, 1.165) is 55.6 Å². The van der Waals surface area contributed by atoms with E-state index in [1.54, 1.807) is 54.7 Å². The predicted molar refractivity (Wildman–Crippen MR) is 431 cm³/mol. The number of carbonyl (C=O) groups is 17. The van der Waals surface area contributed by atoms with E-state index in [-0.39, 0.29) is 81.9 Å². The van der Waals surface area contributed by atoms with Crippen molar-refractivity contribution >= 4 is 134 Å². The number of primary amides is 4. The molecule has 0 unspecified atom stereocenters. The molecule has 1 aliphatic rings. The molecule has 116 heavy (non-hydrogen) atoms. The first-order valence-corrected chi connectivity index (χ1v) is 40.2. The van der Waals surface area contributed by atoms with Crippen molar-refractivity contribution in [3.05, 3.63) is 84.1 Å². The molecule has 5 rings (SSSR count). The standard InChI is InChI=1S/C78H115N19O18S/c1-6-7-8-9-10-11-24-53(68(106)91-58(38-47-26-27-48-20-12-13-21-49(48)37-47)75(113)97-78(5,33-17-18-34-79)77(115)95-54(25-16-19-35-84-45(3)99)69(107)92-60(40-64(82)103)67(105)86-42-65(83)104)88-74(112)61-43-116-36-32-57(87-46(4)100)71(109)89-56(29-31-63(81)102)72(110)96-66(44(2)98)76(114)93-59(39-50-41-85-52-23-15-14-22-51(50)52)73(111)90-55(70(108)94-61)28-30-62(80)101/h12-15,20-23,26-27,37,41,44,53-61,66,85,98H,6-11,16-19,24-25,28-36,38-40,42-43,79H2,1-5H3,(H2,80,101)(H2,81,102)(H2,82,103)(H2,83,104)(H,84,99)(H,86,105)(H,87,100)(H,88,112)(H,89,109)(H,90,111)(H,91,106)(H,92,107)(H,93,114)(H,94,108)(H,95,115)(H,96,110)(H,97,113)/t44-,53+,54+,55+,56+,57+,58+,59+,60+,61+,66+,78+/m1/s1. The summed E-state index contributed by atoms with van der Waals surface area (Å²) in [6, 6.07) is 3.30. The number of aliphatic hydroxyl groups is 1. The van der Waals surface area contributed by atoms with Crippen molar-refractivity contribution in [3.8, 4) is 0 Å². The molecule has 0 radical (unpaired) electrons. The number of nitrogens with one attached hydrogen (secondary N) is 14. The van der Waals surface area contributed by atoms with Gasteiger partial charge in [-0.15, -0.1) is 0 Å². The molecule has 37 nitrogen and oxygen atoms in total. The number of unbranched alkanes of at least 4 members (excludes halogenated alkanes) is 7. The van der Waals surface area contributed by atoms with Crippen LogP contribution in [-0.2, 0) is 94.3 Å². The van der Waals surface area contributed by atoms with E-state index in [4.69, 9.17) is 28.7 Å². The van der Waals surface area contributed by atoms with Crippen LogP contribution < -0.4 is 97.8 Å². The number of benzene rings is 3. The quantitative estimate of drug-likeness (QED) is 0.0205. The summed E-state index contributed by atoms with van der Waals surface area (Å²) in [6.07, 6.45) is 1.25. The predicted octanol–water partition coefficient (Wildman–Crippen LogP) is -2.44. The van der Waals surface area contributed by atoms with Crippen molar-refractivity contribution in [2.24, 2.45) is 28.7 Å². The molecule has 4 aromatic rings. The second-order valence-corrected chi connectivity index (χ2v) is 30.4. The SMILES string of the molecule is CCCCCCCC[C@H](NC(=O)[C@@H]1CSCC[C@H](NC(C)=O)C(=O)N[C@@H](CCC(N)=O)C(=O)N[C@@H]([C@@H](C)O)C(=O)N[C@@H](Cc2c[nH]c3ccccc23)C(=O)N[C@@H](CCC(N)=O)C(=O)N1)C(=O)N[C@@H](Cc1ccc2ccccc2c1)C(=O)N[C@@](C)(CCCCN)C(=O)N[C@@H](CCCCNC(C)=O)C(=O)N[C@@H](CC(N)=O)C(=O)NCC(N)=O. The Kier molecular flexibility index (Phi) is 40.1. The summed E-state index contributed by atoms with van der Waals surface area (Å²) in [7, 11) is 0. The summed E-state index contributed by atoms with van der Waals surface area (Å²) >= 11 is 0.969. The summed E-state index contributed by atoms with van der Waals surface area (Å²) in [5.74, 6) is -16.4. The number of aromatic amines is 1. The molecule has 1 aromatic heterocycles. The summed E-state index contributed by atoms with van der Waals surface area (Å²) in [4.78, 5) is 239. The van der Waals surface area contributed by atoms with Gasteiger partial charge in [-0.05, 0) is 118 Å². The molecular weight excluding hydrogens is 1520 g/mol. The first kappa shape index (κ1) is 95.3. The highest BCUT2D eigenvalue weighted by atomic mass is 32.2. The zero-order valence-corrected chi connectivity index (χ0v) is 67.2. The normalized spacial score (nSPS) is 19.0. The van der Waals surface area contributed by atoms with Crippen LogP contribution in [-0.4, -0.2) is 214 Å². The van der Waals surface area contributed by atoms with Crippen LogP contribution in [0.1, 0.15) is 168 Å². The van der Waals surface area contributed by atoms with Gasteiger partial charge in [0.2, 0.25) is 100 Å². The molecule has 2 heterocycles. The highest BCUT2D eigenvalue weighted by Crippen LogP contribution is 2.23. The smallest absolute Gasteiger partial charge is 0.246 e. The first-order valence-electron chi connectivity index (χ1n) is 39.1. The molecule has 17 amide bonds. The van der Waals surface area contributed by atoms with E-state index in [9.17, 15) is 62.6 Å². The Morgan fingerprint density at radius 2 is 1.18 bits per heavy atom. The maximum Gasteiger partial charge on any atom is 0.246 e. The Morgan fingerprint density at radius 3 is 1.81 bits per heavy atom. The minimum absolute atomic E-state index is 0.0783. The fourth-order valence-corrected chi connectivity index (χ4v) is 14.0. The third-order valence-electron chi connectivity index (χ3n) is 19.4. The average molecular weight is 1640 g/mol. The third-order valence-corrected chi connectivity index (χ3v) is 20.5. The number of H-pyrrole nitrogens is 1. The molecule has 0 aliphatic carbocycles. The first-order chi connectivity index (χ1) is 55.1. The topological polar surface area (TPSA) is 613 Å². The number of carbonyl (C=O) groups excluding carboxylic acids is 17. The Balaban J connectivity index is 1.63. The largest absolute Gasteiger partial charge is 0.391 e. The highest BCUT2D eigenvalue weighted by Gasteiger charge is 2.42. The van der Waals surface area contributed by atoms with E-state index in [1.807, 2.05) is 25.1 Å². The van der Waals surface area contributed by atoms with Crippen LogP contribution in [0.15, 0.2) is 72.9 Å². The lowest BCUT2D eigenvalue weighted by Crippen LogP contribution is -2.64. The van der Waals surface area contributed by atoms with Gasteiger partial charge in [-0.25, -0.2) is 0 Å². The van der Waals surface area contributed by atoms with Gasteiger partial charge >= 0.3 is 0 Å². The Morgan fingerprint density at radius 1 is 0.586 bits per heavy atom. The Bertz CT molecular complexity index is 4100. The Hall–Kier alpha value is -11.3. The van der Waals surface area contributed by atoms with E-state index in [2.05, 4.69) is 74.1 Å². The van der Waals surface area contributed by atoms with Gasteiger partial charge in [0.1, 0.15) is 66.0 Å². The number of para-hydroxylation sites is 1. The molecule has 25 N–H and O–H groups in total. The highest BCUT2D eigenvalue weighted by molar-refractivity contribution is 7.99. The molecule has 1 aliphatic heterocycles. The summed E-state index contributed by atoms with van der Waals surface area (Å²) in [5.41, 5.74) is 27.5. The molecule has 0 bridgehead atoms. The number of rotatable bonds is 43. The number of fused-ring (bicyclic) bond motifs is 2. The molecule has 1 saturated heterocycles. The van der Waals surface area contributed by atoms with Crippen LogP contribution in [0, 0.1) is 0 Å². The second kappa shape index (κ2) is 48.8. The van der Waals surface area contributed by atoms with E-state index in [0.29, 0.717) is 54.1 Å². The fraction of sp³-hybridized carbons (Fsp3) is 0.551. The second-order valence-electron chi connectivity index (χ2n) is 29.2. The van der Waals surface area contributed by atoms with Crippen LogP contribution in [0.25, 0.3) is 21.7 Å². The average Bonchev–Trinajstić information content (AvgIpc) is 1.60. The zero-order chi connectivity index (χ0) is 85.6. The van der Waals surface area contributed by atoms with Crippen molar-refractivity contribution in [2.45, 2.75) is 242 Å². The van der Waals surface area contributed by atoms with Crippen LogP contribution in [0.2, 0.25) is 0 Å². The number of hydrogen-bond donors (Lipinski definition) is 20. The van der Waals surface area contributed by atoms with Crippen LogP contribution >= 0.6 is 11.8 Å². The van der Waals surface area contributed by atoms with Gasteiger partial charge in [-0.2, -0.15) is 11.8 Å². The van der Waals surface area contributed by atoms with E-state index < -0.39 is 205 Å². The van der Waals surface area contributed by atoms with Gasteiger partial charge in [-0.3, -0.25) is 81.5 Å². The van der Waals surface area contributed by atoms with E-state index >= 15 is 24.0 Å². The van der Waals surface area contributed by atoms with Crippen molar-refractivity contribution in [3.63, 3.8) is 0 Å². The molecule has 3 aromatic carbocycles. The lowest BCUT2D eigenvalue weighted by molar-refractivity contribution is -0.138. The van der Waals surface area contributed by atoms with Crippen molar-refractivity contribution in [1.29, 1.82) is 0 Å². The van der Waals surface area contributed by atoms with Crippen LogP contribution in [0.3, 0.4) is 0 Å². The summed E-state index contributed by atoms with van der Waals surface area (Å²) in [6.45, 7) is 6.64. The number of thioether (sulfide) groups is 1. The molecule has 38 heteroatoms. The van der Waals surface area contributed by atoms with Gasteiger partial charge < -0.3 is 108 Å². The monoisotopic (exact) mass is 1640 g/mol. The maximum absolute atomic E-state index is 15.5. The van der Waals surface area contributed by atoms with Gasteiger partial charge in [0.05, 0.1) is 19.1 Å². The third kappa shape index (κ3) is 32.9. The molecule has 0 saturated carbocycles. The molecule has 0 spiro atoms. The van der Waals surface area contributed by atoms with Gasteiger partial charge in [0.25, 0.3) is 0 Å². The number of hydrogen-bond acceptors (Lipinski definition) is 20. The minimum Gasteiger partial charge on any atom is -0.391 e. The molecule has 12 atom stereocenters. The van der Waals surface area contributed by atoms with Gasteiger partial charge in [-0.1, -0.05) is 106 Å². The Labute approximate surface area is 676 Å². The van der Waals surface area contributed by atoms with Crippen molar-refractivity contribution in [1.82, 2.24) is 74.1 Å². The zero-order valence-electron chi connectivity index (χ0n) is 66.3. The van der Waals surface area contributed by atoms with Gasteiger partial charge in [0.15, 0.2) is 0 Å². The van der Waals surface area contributed by atoms with Gasteiger partial charge in [0, 0.05) is 68.9 Å². The number of nitrogens with two attached hydrogens (primary N) is 5. The molecule has 636 valence electrons. The number of aromatic nitrogens is 1. The fourth-order valence-electron chi connectivity index (χ4n) is 12.9. The number of aliphatic hydroxyl groups excluding tert-OH is 1. The van der Waals surface area contributed by atoms with Crippen molar-refractivity contribution in [2.75, 3.05) is 31.1 Å².